The highest BCUT2D eigenvalue weighted by Gasteiger charge is 2.30. The van der Waals surface area contributed by atoms with Crippen molar-refractivity contribution in [3.05, 3.63) is 0 Å². The Labute approximate surface area is 158 Å². The topological polar surface area (TPSA) is 43.7 Å². The van der Waals surface area contributed by atoms with Crippen LogP contribution in [0.15, 0.2) is 0 Å². The third-order valence-corrected chi connectivity index (χ3v) is 5.51. The predicted molar refractivity (Wildman–Crippen MR) is 110 cm³/mol. The van der Waals surface area contributed by atoms with Crippen LogP contribution in [0.3, 0.4) is 0 Å². The molecule has 2 N–H and O–H groups in total. The summed E-state index contributed by atoms with van der Waals surface area (Å²) in [6, 6.07) is 0. The Morgan fingerprint density at radius 1 is 0.800 bits per heavy atom. The van der Waals surface area contributed by atoms with Gasteiger partial charge in [-0.25, -0.2) is 0 Å². The number of hydrogen-bond donors (Lipinski definition) is 2. The van der Waals surface area contributed by atoms with E-state index in [0.29, 0.717) is 18.9 Å². The largest absolute Gasteiger partial charge is 0.389 e. The molecule has 0 rings (SSSR count). The molecule has 0 heterocycles. The standard InChI is InChI=1S/C22H47NO2/c1-18(2)11-8-12-19(3)13-9-14-20(4)15-10-16-22(5,25)21(24)17-23(6)7/h18-21,24-25H,8-17H2,1-7H3. The maximum Gasteiger partial charge on any atom is 0.0950 e. The summed E-state index contributed by atoms with van der Waals surface area (Å²) in [6.07, 6.45) is 10.2. The fourth-order valence-electron chi connectivity index (χ4n) is 3.50. The molecule has 0 saturated carbocycles. The van der Waals surface area contributed by atoms with Gasteiger partial charge in [-0.05, 0) is 45.2 Å². The van der Waals surface area contributed by atoms with E-state index >= 15 is 0 Å². The van der Waals surface area contributed by atoms with E-state index in [1.54, 1.807) is 6.92 Å². The van der Waals surface area contributed by atoms with Gasteiger partial charge in [0.05, 0.1) is 11.7 Å². The number of aliphatic hydroxyl groups is 2. The van der Waals surface area contributed by atoms with E-state index < -0.39 is 11.7 Å². The summed E-state index contributed by atoms with van der Waals surface area (Å²) in [4.78, 5) is 1.92. The van der Waals surface area contributed by atoms with Crippen molar-refractivity contribution < 1.29 is 10.2 Å². The highest BCUT2D eigenvalue weighted by Crippen LogP contribution is 2.24. The Hall–Kier alpha value is -0.120. The van der Waals surface area contributed by atoms with Crippen LogP contribution >= 0.6 is 0 Å². The van der Waals surface area contributed by atoms with Crippen molar-refractivity contribution in [3.63, 3.8) is 0 Å². The molecule has 0 aromatic rings. The second kappa shape index (κ2) is 13.1. The van der Waals surface area contributed by atoms with Gasteiger partial charge in [-0.2, -0.15) is 0 Å². The minimum absolute atomic E-state index is 0.511. The lowest BCUT2D eigenvalue weighted by molar-refractivity contribution is -0.0762. The van der Waals surface area contributed by atoms with Crippen molar-refractivity contribution in [3.8, 4) is 0 Å². The van der Waals surface area contributed by atoms with Crippen LogP contribution in [0.5, 0.6) is 0 Å². The van der Waals surface area contributed by atoms with E-state index in [-0.39, 0.29) is 0 Å². The molecule has 0 radical (unpaired) electrons. The molecule has 3 heteroatoms. The smallest absolute Gasteiger partial charge is 0.0950 e. The van der Waals surface area contributed by atoms with Crippen LogP contribution in [0.1, 0.15) is 92.4 Å². The van der Waals surface area contributed by atoms with Crippen LogP contribution in [0.4, 0.5) is 0 Å². The first-order chi connectivity index (χ1) is 11.5. The minimum atomic E-state index is -0.977. The first kappa shape index (κ1) is 24.9. The monoisotopic (exact) mass is 357 g/mol. The van der Waals surface area contributed by atoms with Crippen molar-refractivity contribution in [2.45, 2.75) is 104 Å². The molecule has 0 amide bonds. The van der Waals surface area contributed by atoms with Crippen molar-refractivity contribution in [2.24, 2.45) is 17.8 Å². The Bertz CT molecular complexity index is 315. The van der Waals surface area contributed by atoms with Gasteiger partial charge in [-0.15, -0.1) is 0 Å². The predicted octanol–water partition coefficient (Wildman–Crippen LogP) is 5.10. The first-order valence-corrected chi connectivity index (χ1v) is 10.6. The molecule has 25 heavy (non-hydrogen) atoms. The van der Waals surface area contributed by atoms with E-state index in [1.165, 1.54) is 38.5 Å². The Morgan fingerprint density at radius 2 is 1.24 bits per heavy atom. The molecule has 0 aromatic heterocycles. The number of nitrogens with zero attached hydrogens (tertiary/aromatic N) is 1. The second-order valence-electron chi connectivity index (χ2n) is 9.49. The van der Waals surface area contributed by atoms with Gasteiger partial charge in [0.25, 0.3) is 0 Å². The molecule has 0 aliphatic heterocycles. The SMILES string of the molecule is CC(C)CCCC(C)CCCC(C)CCCC(C)(O)C(O)CN(C)C. The molecule has 152 valence electrons. The quantitative estimate of drug-likeness (QED) is 0.428. The normalized spacial score (nSPS) is 18.4. The number of hydrogen-bond acceptors (Lipinski definition) is 3. The Morgan fingerprint density at radius 3 is 1.68 bits per heavy atom. The lowest BCUT2D eigenvalue weighted by Crippen LogP contribution is -2.45. The van der Waals surface area contributed by atoms with Gasteiger partial charge in [0.2, 0.25) is 0 Å². The van der Waals surface area contributed by atoms with E-state index in [1.807, 2.05) is 19.0 Å². The third-order valence-electron chi connectivity index (χ3n) is 5.51. The van der Waals surface area contributed by atoms with Crippen LogP contribution in [0.2, 0.25) is 0 Å². The van der Waals surface area contributed by atoms with Gasteiger partial charge in [0.1, 0.15) is 0 Å². The fourth-order valence-corrected chi connectivity index (χ4v) is 3.50. The van der Waals surface area contributed by atoms with Crippen LogP contribution < -0.4 is 0 Å². The summed E-state index contributed by atoms with van der Waals surface area (Å²) in [5.41, 5.74) is -0.977. The van der Waals surface area contributed by atoms with E-state index in [4.69, 9.17) is 0 Å². The zero-order valence-corrected chi connectivity index (χ0v) is 18.2. The van der Waals surface area contributed by atoms with E-state index in [0.717, 1.165) is 24.7 Å². The van der Waals surface area contributed by atoms with Crippen LogP contribution in [-0.2, 0) is 0 Å². The third kappa shape index (κ3) is 13.7. The van der Waals surface area contributed by atoms with E-state index in [9.17, 15) is 10.2 Å². The first-order valence-electron chi connectivity index (χ1n) is 10.6. The maximum atomic E-state index is 10.4. The second-order valence-corrected chi connectivity index (χ2v) is 9.49. The molecule has 4 unspecified atom stereocenters. The summed E-state index contributed by atoms with van der Waals surface area (Å²) < 4.78 is 0. The van der Waals surface area contributed by atoms with Crippen LogP contribution in [0.25, 0.3) is 0 Å². The highest BCUT2D eigenvalue weighted by atomic mass is 16.3. The van der Waals surface area contributed by atoms with Gasteiger partial charge < -0.3 is 15.1 Å². The zero-order chi connectivity index (χ0) is 19.5. The van der Waals surface area contributed by atoms with Crippen LogP contribution in [-0.4, -0.2) is 47.5 Å². The molecule has 0 aliphatic carbocycles. The summed E-state index contributed by atoms with van der Waals surface area (Å²) in [5, 5.41) is 20.6. The summed E-state index contributed by atoms with van der Waals surface area (Å²) in [5.74, 6) is 2.40. The Kier molecular flexibility index (Phi) is 13.0. The number of aliphatic hydroxyl groups excluding tert-OH is 1. The summed E-state index contributed by atoms with van der Waals surface area (Å²) in [6.45, 7) is 11.6. The molecule has 0 fully saturated rings. The molecular formula is C22H47NO2. The van der Waals surface area contributed by atoms with Gasteiger partial charge >= 0.3 is 0 Å². The lowest BCUT2D eigenvalue weighted by atomic mass is 9.88. The maximum absolute atomic E-state index is 10.4. The molecule has 0 bridgehead atoms. The van der Waals surface area contributed by atoms with Gasteiger partial charge in [0.15, 0.2) is 0 Å². The van der Waals surface area contributed by atoms with E-state index in [2.05, 4.69) is 27.7 Å². The van der Waals surface area contributed by atoms with Gasteiger partial charge in [-0.3, -0.25) is 0 Å². The molecular weight excluding hydrogens is 310 g/mol. The van der Waals surface area contributed by atoms with Gasteiger partial charge in [0, 0.05) is 6.54 Å². The lowest BCUT2D eigenvalue weighted by Gasteiger charge is -2.31. The molecule has 0 spiro atoms. The zero-order valence-electron chi connectivity index (χ0n) is 18.2. The average molecular weight is 358 g/mol. The van der Waals surface area contributed by atoms with Crippen molar-refractivity contribution in [1.82, 2.24) is 4.90 Å². The minimum Gasteiger partial charge on any atom is -0.389 e. The summed E-state index contributed by atoms with van der Waals surface area (Å²) in [7, 11) is 3.84. The van der Waals surface area contributed by atoms with Gasteiger partial charge in [-0.1, -0.05) is 79.1 Å². The highest BCUT2D eigenvalue weighted by molar-refractivity contribution is 4.83. The number of rotatable bonds is 15. The summed E-state index contributed by atoms with van der Waals surface area (Å²) >= 11 is 0. The molecule has 3 nitrogen and oxygen atoms in total. The number of likely N-dealkylation sites (N-methyl/N-ethyl adjacent to an activating group) is 1. The molecule has 0 saturated heterocycles. The average Bonchev–Trinajstić information content (AvgIpc) is 2.45. The Balaban J connectivity index is 3.81. The van der Waals surface area contributed by atoms with Crippen molar-refractivity contribution in [1.29, 1.82) is 0 Å². The van der Waals surface area contributed by atoms with Crippen LogP contribution in [0, 0.1) is 17.8 Å². The molecule has 4 atom stereocenters. The van der Waals surface area contributed by atoms with Crippen molar-refractivity contribution in [2.75, 3.05) is 20.6 Å². The molecule has 0 aliphatic rings. The van der Waals surface area contributed by atoms with Crippen molar-refractivity contribution >= 4 is 0 Å². The fraction of sp³-hybridized carbons (Fsp3) is 1.00. The molecule has 0 aromatic carbocycles.